The van der Waals surface area contributed by atoms with Gasteiger partial charge >= 0.3 is 0 Å². The number of hydrogen-bond donors (Lipinski definition) is 0. The van der Waals surface area contributed by atoms with Crippen LogP contribution in [0.4, 0.5) is 0 Å². The molecule has 118 valence electrons. The van der Waals surface area contributed by atoms with E-state index in [0.29, 0.717) is 11.6 Å². The van der Waals surface area contributed by atoms with Crippen LogP contribution in [0.1, 0.15) is 27.5 Å². The zero-order valence-electron chi connectivity index (χ0n) is 12.9. The summed E-state index contributed by atoms with van der Waals surface area (Å²) in [5, 5.41) is 3.72. The van der Waals surface area contributed by atoms with Crippen molar-refractivity contribution in [3.63, 3.8) is 0 Å². The van der Waals surface area contributed by atoms with Gasteiger partial charge in [-0.2, -0.15) is 0 Å². The largest absolute Gasteiger partial charge is 0.364 e. The van der Waals surface area contributed by atoms with E-state index < -0.39 is 0 Å². The molecular weight excluding hydrogens is 300 g/mol. The number of thiazole rings is 1. The minimum Gasteiger partial charge on any atom is -0.364 e. The van der Waals surface area contributed by atoms with Crippen molar-refractivity contribution in [2.45, 2.75) is 19.9 Å². The summed E-state index contributed by atoms with van der Waals surface area (Å²) < 4.78 is 4.75. The molecule has 1 atom stereocenters. The lowest BCUT2D eigenvalue weighted by Gasteiger charge is -2.21. The summed E-state index contributed by atoms with van der Waals surface area (Å²) >= 11 is 1.70. The van der Waals surface area contributed by atoms with E-state index in [9.17, 15) is 4.79 Å². The highest BCUT2D eigenvalue weighted by Crippen LogP contribution is 2.21. The van der Waals surface area contributed by atoms with Gasteiger partial charge in [0.25, 0.3) is 5.91 Å². The molecule has 7 heteroatoms. The number of hydrogen-bond acceptors (Lipinski definition) is 6. The minimum absolute atomic E-state index is 0.0304. The molecule has 3 heterocycles. The van der Waals surface area contributed by atoms with Gasteiger partial charge in [-0.1, -0.05) is 5.16 Å². The van der Waals surface area contributed by atoms with Crippen LogP contribution in [0.3, 0.4) is 0 Å². The lowest BCUT2D eigenvalue weighted by molar-refractivity contribution is 0.0774. The molecule has 22 heavy (non-hydrogen) atoms. The van der Waals surface area contributed by atoms with E-state index in [0.717, 1.165) is 38.3 Å². The fraction of sp³-hybridized carbons (Fsp3) is 0.533. The molecule has 1 fully saturated rings. The van der Waals surface area contributed by atoms with Crippen molar-refractivity contribution >= 4 is 17.2 Å². The number of amides is 1. The number of likely N-dealkylation sites (tertiary alicyclic amines) is 1. The van der Waals surface area contributed by atoms with Crippen molar-refractivity contribution in [1.29, 1.82) is 0 Å². The van der Waals surface area contributed by atoms with Gasteiger partial charge < -0.3 is 14.3 Å². The van der Waals surface area contributed by atoms with Crippen molar-refractivity contribution in [2.24, 2.45) is 5.92 Å². The van der Waals surface area contributed by atoms with Crippen LogP contribution in [-0.4, -0.2) is 52.5 Å². The van der Waals surface area contributed by atoms with Gasteiger partial charge in [0.2, 0.25) is 0 Å². The number of aryl methyl sites for hydroxylation is 1. The first kappa shape index (κ1) is 15.2. The SMILES string of the molecule is Cc1ncsc1CN(C)C[C@@H]1CCN(C(=O)c2ccon2)C1. The van der Waals surface area contributed by atoms with Gasteiger partial charge in [0, 0.05) is 37.1 Å². The van der Waals surface area contributed by atoms with Gasteiger partial charge in [0.15, 0.2) is 5.69 Å². The molecule has 2 aromatic rings. The third kappa shape index (κ3) is 3.36. The Labute approximate surface area is 133 Å². The van der Waals surface area contributed by atoms with Crippen LogP contribution in [0.15, 0.2) is 22.4 Å². The second kappa shape index (κ2) is 6.58. The molecule has 0 saturated carbocycles. The fourth-order valence-electron chi connectivity index (χ4n) is 2.88. The number of aromatic nitrogens is 2. The first-order valence-corrected chi connectivity index (χ1v) is 8.28. The first-order chi connectivity index (χ1) is 10.6. The van der Waals surface area contributed by atoms with Crippen LogP contribution in [-0.2, 0) is 6.54 Å². The highest BCUT2D eigenvalue weighted by atomic mass is 32.1. The van der Waals surface area contributed by atoms with E-state index in [1.165, 1.54) is 11.1 Å². The standard InChI is InChI=1S/C15H20N4O2S/c1-11-14(22-10-16-11)9-18(2)7-12-3-5-19(8-12)15(20)13-4-6-21-17-13/h4,6,10,12H,3,5,7-9H2,1-2H3/t12-/m0/s1. The smallest absolute Gasteiger partial charge is 0.276 e. The summed E-state index contributed by atoms with van der Waals surface area (Å²) in [4.78, 5) is 22.0. The maximum Gasteiger partial charge on any atom is 0.276 e. The summed E-state index contributed by atoms with van der Waals surface area (Å²) in [6.45, 7) is 5.54. The topological polar surface area (TPSA) is 62.5 Å². The molecule has 0 spiro atoms. The second-order valence-corrected chi connectivity index (χ2v) is 6.79. The number of rotatable bonds is 5. The van der Waals surface area contributed by atoms with Gasteiger partial charge in [-0.15, -0.1) is 11.3 Å². The van der Waals surface area contributed by atoms with Crippen molar-refractivity contribution in [1.82, 2.24) is 19.9 Å². The van der Waals surface area contributed by atoms with Crippen LogP contribution in [0.5, 0.6) is 0 Å². The summed E-state index contributed by atoms with van der Waals surface area (Å²) in [7, 11) is 2.13. The minimum atomic E-state index is -0.0304. The number of carbonyl (C=O) groups is 1. The Morgan fingerprint density at radius 1 is 1.59 bits per heavy atom. The van der Waals surface area contributed by atoms with Crippen molar-refractivity contribution in [3.8, 4) is 0 Å². The van der Waals surface area contributed by atoms with E-state index >= 15 is 0 Å². The molecule has 6 nitrogen and oxygen atoms in total. The molecule has 0 unspecified atom stereocenters. The van der Waals surface area contributed by atoms with Crippen molar-refractivity contribution < 1.29 is 9.32 Å². The lowest BCUT2D eigenvalue weighted by atomic mass is 10.1. The molecule has 2 aromatic heterocycles. The molecule has 0 aliphatic carbocycles. The van der Waals surface area contributed by atoms with Gasteiger partial charge in [-0.05, 0) is 26.3 Å². The van der Waals surface area contributed by atoms with E-state index in [-0.39, 0.29) is 5.91 Å². The zero-order chi connectivity index (χ0) is 15.5. The maximum atomic E-state index is 12.2. The number of carbonyl (C=O) groups excluding carboxylic acids is 1. The molecule has 0 N–H and O–H groups in total. The van der Waals surface area contributed by atoms with Crippen LogP contribution in [0.25, 0.3) is 0 Å². The molecule has 1 amide bonds. The Kier molecular flexibility index (Phi) is 4.54. The van der Waals surface area contributed by atoms with Crippen LogP contribution in [0.2, 0.25) is 0 Å². The monoisotopic (exact) mass is 320 g/mol. The quantitative estimate of drug-likeness (QED) is 0.843. The van der Waals surface area contributed by atoms with E-state index in [1.54, 1.807) is 17.4 Å². The van der Waals surface area contributed by atoms with E-state index in [1.807, 2.05) is 17.3 Å². The van der Waals surface area contributed by atoms with Gasteiger partial charge in [0.1, 0.15) is 6.26 Å². The van der Waals surface area contributed by atoms with Crippen LogP contribution < -0.4 is 0 Å². The molecular formula is C15H20N4O2S. The average Bonchev–Trinajstić information content (AvgIpc) is 3.21. The van der Waals surface area contributed by atoms with E-state index in [2.05, 4.69) is 22.1 Å². The normalized spacial score (nSPS) is 18.3. The maximum absolute atomic E-state index is 12.2. The molecule has 0 aromatic carbocycles. The molecule has 1 aliphatic heterocycles. The average molecular weight is 320 g/mol. The Morgan fingerprint density at radius 2 is 2.45 bits per heavy atom. The Balaban J connectivity index is 1.50. The third-order valence-electron chi connectivity index (χ3n) is 4.06. The van der Waals surface area contributed by atoms with Crippen molar-refractivity contribution in [2.75, 3.05) is 26.7 Å². The second-order valence-electron chi connectivity index (χ2n) is 5.85. The van der Waals surface area contributed by atoms with Crippen LogP contribution in [0, 0.1) is 12.8 Å². The molecule has 1 saturated heterocycles. The molecule has 3 rings (SSSR count). The van der Waals surface area contributed by atoms with Crippen LogP contribution >= 0.6 is 11.3 Å². The Morgan fingerprint density at radius 3 is 3.14 bits per heavy atom. The lowest BCUT2D eigenvalue weighted by Crippen LogP contribution is -2.31. The summed E-state index contributed by atoms with van der Waals surface area (Å²) in [5.74, 6) is 0.478. The highest BCUT2D eigenvalue weighted by Gasteiger charge is 2.28. The predicted octanol–water partition coefficient (Wildman–Crippen LogP) is 2.03. The summed E-state index contributed by atoms with van der Waals surface area (Å²) in [5.41, 5.74) is 3.41. The van der Waals surface area contributed by atoms with Gasteiger partial charge in [-0.3, -0.25) is 4.79 Å². The van der Waals surface area contributed by atoms with Crippen molar-refractivity contribution in [3.05, 3.63) is 34.1 Å². The predicted molar refractivity (Wildman–Crippen MR) is 83.7 cm³/mol. The van der Waals surface area contributed by atoms with Gasteiger partial charge in [-0.25, -0.2) is 4.98 Å². The first-order valence-electron chi connectivity index (χ1n) is 7.40. The highest BCUT2D eigenvalue weighted by molar-refractivity contribution is 7.09. The van der Waals surface area contributed by atoms with E-state index in [4.69, 9.17) is 4.52 Å². The zero-order valence-corrected chi connectivity index (χ0v) is 13.7. The van der Waals surface area contributed by atoms with Gasteiger partial charge in [0.05, 0.1) is 11.2 Å². The molecule has 1 aliphatic rings. The third-order valence-corrected chi connectivity index (χ3v) is 4.98. The Bertz CT molecular complexity index is 625. The number of nitrogens with zero attached hydrogens (tertiary/aromatic N) is 4. The fourth-order valence-corrected chi connectivity index (χ4v) is 3.74. The molecule has 0 radical (unpaired) electrons. The summed E-state index contributed by atoms with van der Waals surface area (Å²) in [6.07, 6.45) is 2.47. The summed E-state index contributed by atoms with van der Waals surface area (Å²) in [6, 6.07) is 1.62. The Hall–Kier alpha value is -1.73. The molecule has 0 bridgehead atoms.